The predicted octanol–water partition coefficient (Wildman–Crippen LogP) is 4.33. The number of fused-ring (bicyclic) bond motifs is 1. The summed E-state index contributed by atoms with van der Waals surface area (Å²) in [5.41, 5.74) is 1.14. The molecule has 0 bridgehead atoms. The Morgan fingerprint density at radius 3 is 2.74 bits per heavy atom. The molecule has 3 atom stereocenters. The van der Waals surface area contributed by atoms with Crippen molar-refractivity contribution >= 4 is 24.0 Å². The van der Waals surface area contributed by atoms with Crippen LogP contribution < -0.4 is 5.32 Å². The zero-order valence-corrected chi connectivity index (χ0v) is 14.4. The van der Waals surface area contributed by atoms with Gasteiger partial charge in [-0.2, -0.15) is 4.98 Å². The van der Waals surface area contributed by atoms with Crippen molar-refractivity contribution in [3.05, 3.63) is 46.6 Å². The second kappa shape index (κ2) is 7.20. The van der Waals surface area contributed by atoms with E-state index in [0.29, 0.717) is 12.5 Å². The largest absolute Gasteiger partial charge is 0.338 e. The van der Waals surface area contributed by atoms with Crippen LogP contribution in [0.4, 0.5) is 0 Å². The van der Waals surface area contributed by atoms with E-state index >= 15 is 0 Å². The molecule has 124 valence electrons. The van der Waals surface area contributed by atoms with Gasteiger partial charge in [-0.3, -0.25) is 0 Å². The summed E-state index contributed by atoms with van der Waals surface area (Å²) >= 11 is 5.91. The zero-order chi connectivity index (χ0) is 14.9. The fourth-order valence-corrected chi connectivity index (χ4v) is 3.90. The minimum absolute atomic E-state index is 0. The van der Waals surface area contributed by atoms with Crippen molar-refractivity contribution in [2.45, 2.75) is 50.6 Å². The van der Waals surface area contributed by atoms with Crippen LogP contribution in [0.15, 0.2) is 28.8 Å². The topological polar surface area (TPSA) is 51.0 Å². The van der Waals surface area contributed by atoms with E-state index < -0.39 is 0 Å². The maximum atomic E-state index is 5.91. The van der Waals surface area contributed by atoms with Gasteiger partial charge >= 0.3 is 0 Å². The molecule has 2 aliphatic rings. The molecule has 1 saturated carbocycles. The van der Waals surface area contributed by atoms with E-state index in [0.717, 1.165) is 34.6 Å². The van der Waals surface area contributed by atoms with Crippen LogP contribution in [0.5, 0.6) is 0 Å². The van der Waals surface area contributed by atoms with Crippen LogP contribution >= 0.6 is 24.0 Å². The van der Waals surface area contributed by atoms with Gasteiger partial charge < -0.3 is 9.84 Å². The predicted molar refractivity (Wildman–Crippen MR) is 92.0 cm³/mol. The molecule has 23 heavy (non-hydrogen) atoms. The van der Waals surface area contributed by atoms with Crippen molar-refractivity contribution in [2.24, 2.45) is 5.92 Å². The molecule has 1 aromatic heterocycles. The molecule has 4 rings (SSSR count). The van der Waals surface area contributed by atoms with Gasteiger partial charge in [0.15, 0.2) is 5.82 Å². The second-order valence-corrected chi connectivity index (χ2v) is 6.89. The fourth-order valence-electron chi connectivity index (χ4n) is 3.78. The monoisotopic (exact) mass is 353 g/mol. The Balaban J connectivity index is 0.00000156. The van der Waals surface area contributed by atoms with Crippen molar-refractivity contribution in [1.29, 1.82) is 0 Å². The first-order chi connectivity index (χ1) is 10.8. The van der Waals surface area contributed by atoms with Gasteiger partial charge in [-0.15, -0.1) is 12.4 Å². The van der Waals surface area contributed by atoms with Crippen molar-refractivity contribution in [1.82, 2.24) is 15.5 Å². The first kappa shape index (κ1) is 16.7. The summed E-state index contributed by atoms with van der Waals surface area (Å²) in [6.45, 7) is 0. The Bertz CT molecular complexity index is 630. The molecular formula is C17H21Cl2N3O. The molecule has 6 heteroatoms. The van der Waals surface area contributed by atoms with Crippen molar-refractivity contribution in [3.8, 4) is 0 Å². The Morgan fingerprint density at radius 1 is 1.17 bits per heavy atom. The molecule has 2 aromatic rings. The van der Waals surface area contributed by atoms with Crippen molar-refractivity contribution in [3.63, 3.8) is 0 Å². The first-order valence-electron chi connectivity index (χ1n) is 8.11. The maximum absolute atomic E-state index is 5.91. The Kier molecular flexibility index (Phi) is 5.24. The SMILES string of the molecule is Cl.Clc1ccc(Cc2noc(C3CC4CCCCC4N3)n2)cc1. The number of halogens is 2. The fraction of sp³-hybridized carbons (Fsp3) is 0.529. The van der Waals surface area contributed by atoms with Crippen LogP contribution in [0.3, 0.4) is 0 Å². The lowest BCUT2D eigenvalue weighted by Crippen LogP contribution is -2.30. The standard InChI is InChI=1S/C17H20ClN3O.ClH/c18-13-7-5-11(6-8-13)9-16-20-17(22-21-16)15-10-12-3-1-2-4-14(12)19-15;/h5-8,12,14-15,19H,1-4,9-10H2;1H. The van der Waals surface area contributed by atoms with E-state index in [1.165, 1.54) is 25.7 Å². The van der Waals surface area contributed by atoms with E-state index in [1.807, 2.05) is 24.3 Å². The second-order valence-electron chi connectivity index (χ2n) is 6.46. The average molecular weight is 354 g/mol. The summed E-state index contributed by atoms with van der Waals surface area (Å²) in [5.74, 6) is 2.28. The molecule has 0 spiro atoms. The van der Waals surface area contributed by atoms with Gasteiger partial charge in [-0.25, -0.2) is 0 Å². The minimum atomic E-state index is 0. The number of nitrogens with zero attached hydrogens (tertiary/aromatic N) is 2. The Hall–Kier alpha value is -1.10. The van der Waals surface area contributed by atoms with Gasteiger partial charge in [0.2, 0.25) is 5.89 Å². The molecule has 1 aliphatic carbocycles. The van der Waals surface area contributed by atoms with Crippen LogP contribution in [0.25, 0.3) is 0 Å². The van der Waals surface area contributed by atoms with Gasteiger partial charge in [-0.05, 0) is 42.9 Å². The Morgan fingerprint density at radius 2 is 1.96 bits per heavy atom. The number of benzene rings is 1. The number of nitrogens with one attached hydrogen (secondary N) is 1. The van der Waals surface area contributed by atoms with Gasteiger partial charge in [0.25, 0.3) is 0 Å². The van der Waals surface area contributed by atoms with E-state index in [4.69, 9.17) is 16.1 Å². The lowest BCUT2D eigenvalue weighted by molar-refractivity contribution is 0.324. The summed E-state index contributed by atoms with van der Waals surface area (Å²) in [4.78, 5) is 4.59. The first-order valence-corrected chi connectivity index (χ1v) is 8.49. The van der Waals surface area contributed by atoms with Gasteiger partial charge in [0.05, 0.1) is 6.04 Å². The molecule has 1 N–H and O–H groups in total. The zero-order valence-electron chi connectivity index (χ0n) is 12.9. The quantitative estimate of drug-likeness (QED) is 0.891. The molecule has 1 saturated heterocycles. The number of hydrogen-bond acceptors (Lipinski definition) is 4. The summed E-state index contributed by atoms with van der Waals surface area (Å²) in [5, 5.41) is 8.56. The van der Waals surface area contributed by atoms with Crippen LogP contribution in [0, 0.1) is 5.92 Å². The van der Waals surface area contributed by atoms with Crippen LogP contribution in [-0.4, -0.2) is 16.2 Å². The third kappa shape index (κ3) is 3.70. The highest BCUT2D eigenvalue weighted by atomic mass is 35.5. The number of rotatable bonds is 3. The normalized spacial score (nSPS) is 26.6. The lowest BCUT2D eigenvalue weighted by Gasteiger charge is -2.24. The third-order valence-corrected chi connectivity index (χ3v) is 5.17. The molecule has 1 aromatic carbocycles. The maximum Gasteiger partial charge on any atom is 0.243 e. The minimum Gasteiger partial charge on any atom is -0.338 e. The van der Waals surface area contributed by atoms with Crippen LogP contribution in [-0.2, 0) is 6.42 Å². The molecule has 1 aliphatic heterocycles. The Labute approximate surface area is 147 Å². The molecule has 3 unspecified atom stereocenters. The van der Waals surface area contributed by atoms with Gasteiger partial charge in [0, 0.05) is 17.5 Å². The van der Waals surface area contributed by atoms with E-state index in [-0.39, 0.29) is 18.4 Å². The summed E-state index contributed by atoms with van der Waals surface area (Å²) in [7, 11) is 0. The van der Waals surface area contributed by atoms with E-state index in [2.05, 4.69) is 15.5 Å². The molecule has 0 amide bonds. The number of aromatic nitrogens is 2. The highest BCUT2D eigenvalue weighted by molar-refractivity contribution is 6.30. The van der Waals surface area contributed by atoms with Crippen molar-refractivity contribution < 1.29 is 4.52 Å². The third-order valence-electron chi connectivity index (χ3n) is 4.92. The van der Waals surface area contributed by atoms with Crippen LogP contribution in [0.2, 0.25) is 5.02 Å². The summed E-state index contributed by atoms with van der Waals surface area (Å²) < 4.78 is 5.50. The molecule has 2 fully saturated rings. The lowest BCUT2D eigenvalue weighted by atomic mass is 9.85. The highest BCUT2D eigenvalue weighted by Gasteiger charge is 2.38. The average Bonchev–Trinajstić information content (AvgIpc) is 3.15. The summed E-state index contributed by atoms with van der Waals surface area (Å²) in [6.07, 6.45) is 7.13. The van der Waals surface area contributed by atoms with Gasteiger partial charge in [-0.1, -0.05) is 41.7 Å². The number of hydrogen-bond donors (Lipinski definition) is 1. The van der Waals surface area contributed by atoms with Crippen molar-refractivity contribution in [2.75, 3.05) is 0 Å². The van der Waals surface area contributed by atoms with Gasteiger partial charge in [0.1, 0.15) is 0 Å². The molecule has 2 heterocycles. The van der Waals surface area contributed by atoms with E-state index in [9.17, 15) is 0 Å². The molecule has 4 nitrogen and oxygen atoms in total. The summed E-state index contributed by atoms with van der Waals surface area (Å²) in [6, 6.07) is 8.66. The molecular weight excluding hydrogens is 333 g/mol. The smallest absolute Gasteiger partial charge is 0.243 e. The van der Waals surface area contributed by atoms with E-state index in [1.54, 1.807) is 0 Å². The molecule has 0 radical (unpaired) electrons. The highest BCUT2D eigenvalue weighted by Crippen LogP contribution is 2.38. The van der Waals surface area contributed by atoms with Crippen LogP contribution in [0.1, 0.15) is 55.4 Å².